The topological polar surface area (TPSA) is 12.5 Å². The van der Waals surface area contributed by atoms with Crippen LogP contribution in [0, 0.1) is 0 Å². The number of hydrogen-bond acceptors (Lipinski definition) is 2. The first kappa shape index (κ1) is 20.7. The van der Waals surface area contributed by atoms with Gasteiger partial charge in [-0.05, 0) is 52.1 Å². The predicted molar refractivity (Wildman–Crippen MR) is 73.6 cm³/mol. The van der Waals surface area contributed by atoms with Crippen LogP contribution in [0.2, 0.25) is 0 Å². The summed E-state index contributed by atoms with van der Waals surface area (Å²) in [6.07, 6.45) is -14.3. The highest BCUT2D eigenvalue weighted by atomic mass is 19.4. The van der Waals surface area contributed by atoms with E-state index in [1.54, 1.807) is 0 Å². The first-order valence-corrected chi connectivity index (χ1v) is 8.24. The number of hydrogen-bond donors (Lipinski definition) is 0. The lowest BCUT2D eigenvalue weighted by atomic mass is 9.92. The number of halogens is 8. The third kappa shape index (κ3) is 4.20. The molecule has 2 nitrogen and oxygen atoms in total. The third-order valence-electron chi connectivity index (χ3n) is 4.99. The zero-order chi connectivity index (χ0) is 19.0. The van der Waals surface area contributed by atoms with Gasteiger partial charge in [0.15, 0.2) is 0 Å². The standard InChI is InChI=1S/C15H21F8NO/c1-9(24-7-2-3-8-24)13(17,18)10-5-4-6-11(25-10)14(19,20)12(16)15(21,22)23/h9-12H,2-8H2,1H3. The molecule has 2 saturated heterocycles. The molecule has 2 aliphatic rings. The lowest BCUT2D eigenvalue weighted by molar-refractivity contribution is -0.299. The molecule has 0 bridgehead atoms. The number of ether oxygens (including phenoxy) is 1. The Morgan fingerprint density at radius 1 is 0.840 bits per heavy atom. The van der Waals surface area contributed by atoms with Crippen molar-refractivity contribution in [2.24, 2.45) is 0 Å². The third-order valence-corrected chi connectivity index (χ3v) is 4.99. The minimum atomic E-state index is -5.79. The highest BCUT2D eigenvalue weighted by Gasteiger charge is 2.63. The van der Waals surface area contributed by atoms with Gasteiger partial charge in [-0.1, -0.05) is 0 Å². The fourth-order valence-corrected chi connectivity index (χ4v) is 3.41. The van der Waals surface area contributed by atoms with Crippen LogP contribution in [-0.4, -0.2) is 60.4 Å². The van der Waals surface area contributed by atoms with Crippen molar-refractivity contribution in [2.75, 3.05) is 13.1 Å². The number of rotatable bonds is 5. The van der Waals surface area contributed by atoms with Crippen molar-refractivity contribution in [1.82, 2.24) is 4.90 Å². The van der Waals surface area contributed by atoms with Crippen molar-refractivity contribution >= 4 is 0 Å². The molecule has 2 fully saturated rings. The molecule has 2 rings (SSSR count). The van der Waals surface area contributed by atoms with E-state index in [0.717, 1.165) is 12.8 Å². The molecule has 4 atom stereocenters. The zero-order valence-electron chi connectivity index (χ0n) is 13.6. The van der Waals surface area contributed by atoms with Gasteiger partial charge >= 0.3 is 12.1 Å². The van der Waals surface area contributed by atoms with Crippen molar-refractivity contribution in [3.8, 4) is 0 Å². The van der Waals surface area contributed by atoms with Gasteiger partial charge < -0.3 is 4.74 Å². The Hall–Kier alpha value is -0.640. The van der Waals surface area contributed by atoms with Gasteiger partial charge in [0.25, 0.3) is 12.1 Å². The normalized spacial score (nSPS) is 29.6. The minimum Gasteiger partial charge on any atom is -0.362 e. The number of alkyl halides is 8. The molecule has 10 heteroatoms. The average Bonchev–Trinajstić information content (AvgIpc) is 3.06. The summed E-state index contributed by atoms with van der Waals surface area (Å²) in [5, 5.41) is 0. The molecular weight excluding hydrogens is 362 g/mol. The van der Waals surface area contributed by atoms with Gasteiger partial charge in [0.2, 0.25) is 0 Å². The molecule has 0 aromatic carbocycles. The summed E-state index contributed by atoms with van der Waals surface area (Å²) in [4.78, 5) is 1.50. The molecule has 25 heavy (non-hydrogen) atoms. The van der Waals surface area contributed by atoms with E-state index in [1.165, 1.54) is 11.8 Å². The number of nitrogens with zero attached hydrogens (tertiary/aromatic N) is 1. The molecule has 4 unspecified atom stereocenters. The fraction of sp³-hybridized carbons (Fsp3) is 1.00. The molecular formula is C15H21F8NO. The van der Waals surface area contributed by atoms with Gasteiger partial charge in [0.1, 0.15) is 12.2 Å². The minimum absolute atomic E-state index is 0.183. The Bertz CT molecular complexity index is 449. The Morgan fingerprint density at radius 3 is 1.80 bits per heavy atom. The van der Waals surface area contributed by atoms with Crippen LogP contribution in [-0.2, 0) is 4.74 Å². The Labute approximate surface area is 140 Å². The molecule has 0 N–H and O–H groups in total. The Balaban J connectivity index is 2.11. The quantitative estimate of drug-likeness (QED) is 0.645. The van der Waals surface area contributed by atoms with Gasteiger partial charge in [0, 0.05) is 0 Å². The molecule has 0 aromatic heterocycles. The van der Waals surface area contributed by atoms with Crippen LogP contribution in [0.25, 0.3) is 0 Å². The average molecular weight is 383 g/mol. The first-order chi connectivity index (χ1) is 11.4. The molecule has 0 radical (unpaired) electrons. The highest BCUT2D eigenvalue weighted by Crippen LogP contribution is 2.44. The molecule has 2 aliphatic heterocycles. The Morgan fingerprint density at radius 2 is 1.32 bits per heavy atom. The maximum atomic E-state index is 14.6. The van der Waals surface area contributed by atoms with Crippen LogP contribution >= 0.6 is 0 Å². The van der Waals surface area contributed by atoms with Crippen molar-refractivity contribution in [2.45, 2.75) is 81.5 Å². The van der Waals surface area contributed by atoms with Crippen molar-refractivity contribution < 1.29 is 39.9 Å². The van der Waals surface area contributed by atoms with Crippen LogP contribution in [0.1, 0.15) is 39.0 Å². The van der Waals surface area contributed by atoms with E-state index in [2.05, 4.69) is 4.74 Å². The lowest BCUT2D eigenvalue weighted by Crippen LogP contribution is -2.58. The van der Waals surface area contributed by atoms with Crippen molar-refractivity contribution in [1.29, 1.82) is 0 Å². The van der Waals surface area contributed by atoms with Gasteiger partial charge in [-0.3, -0.25) is 4.90 Å². The summed E-state index contributed by atoms with van der Waals surface area (Å²) in [5.41, 5.74) is 0. The summed E-state index contributed by atoms with van der Waals surface area (Å²) < 4.78 is 112. The van der Waals surface area contributed by atoms with E-state index in [9.17, 15) is 35.1 Å². The van der Waals surface area contributed by atoms with Gasteiger partial charge in [-0.2, -0.15) is 13.2 Å². The van der Waals surface area contributed by atoms with Crippen molar-refractivity contribution in [3.05, 3.63) is 0 Å². The number of likely N-dealkylation sites (tertiary alicyclic amines) is 1. The predicted octanol–water partition coefficient (Wildman–Crippen LogP) is 4.58. The van der Waals surface area contributed by atoms with Gasteiger partial charge in [0.05, 0.1) is 6.04 Å². The highest BCUT2D eigenvalue weighted by molar-refractivity contribution is 4.97. The first-order valence-electron chi connectivity index (χ1n) is 8.24. The summed E-state index contributed by atoms with van der Waals surface area (Å²) in [7, 11) is 0. The second kappa shape index (κ2) is 7.17. The summed E-state index contributed by atoms with van der Waals surface area (Å²) in [6, 6.07) is -1.30. The van der Waals surface area contributed by atoms with E-state index < -0.39 is 48.9 Å². The van der Waals surface area contributed by atoms with Crippen LogP contribution in [0.5, 0.6) is 0 Å². The summed E-state index contributed by atoms with van der Waals surface area (Å²) in [5.74, 6) is -8.44. The Kier molecular flexibility index (Phi) is 5.93. The van der Waals surface area contributed by atoms with Crippen LogP contribution in [0.15, 0.2) is 0 Å². The van der Waals surface area contributed by atoms with Gasteiger partial charge in [-0.25, -0.2) is 22.0 Å². The largest absolute Gasteiger partial charge is 0.425 e. The molecule has 2 heterocycles. The van der Waals surface area contributed by atoms with E-state index in [-0.39, 0.29) is 12.8 Å². The molecule has 0 amide bonds. The summed E-state index contributed by atoms with van der Waals surface area (Å²) in [6.45, 7) is 2.11. The van der Waals surface area contributed by atoms with Crippen molar-refractivity contribution in [3.63, 3.8) is 0 Å². The van der Waals surface area contributed by atoms with Crippen LogP contribution in [0.4, 0.5) is 35.1 Å². The molecule has 0 aromatic rings. The van der Waals surface area contributed by atoms with Gasteiger partial charge in [-0.15, -0.1) is 0 Å². The summed E-state index contributed by atoms with van der Waals surface area (Å²) >= 11 is 0. The van der Waals surface area contributed by atoms with E-state index in [4.69, 9.17) is 0 Å². The van der Waals surface area contributed by atoms with E-state index >= 15 is 0 Å². The fourth-order valence-electron chi connectivity index (χ4n) is 3.41. The second-order valence-corrected chi connectivity index (χ2v) is 6.72. The zero-order valence-corrected chi connectivity index (χ0v) is 13.6. The molecule has 0 spiro atoms. The smallest absolute Gasteiger partial charge is 0.362 e. The second-order valence-electron chi connectivity index (χ2n) is 6.72. The van der Waals surface area contributed by atoms with E-state index in [0.29, 0.717) is 13.1 Å². The van der Waals surface area contributed by atoms with Crippen LogP contribution < -0.4 is 0 Å². The maximum absolute atomic E-state index is 14.6. The lowest BCUT2D eigenvalue weighted by Gasteiger charge is -2.42. The SMILES string of the molecule is CC(N1CCCC1)C(F)(F)C1CCCC(C(F)(F)C(F)C(F)(F)F)O1. The molecule has 0 aliphatic carbocycles. The monoisotopic (exact) mass is 383 g/mol. The maximum Gasteiger partial charge on any atom is 0.425 e. The molecule has 148 valence electrons. The van der Waals surface area contributed by atoms with E-state index in [1.807, 2.05) is 0 Å². The molecule has 0 saturated carbocycles. The van der Waals surface area contributed by atoms with Crippen LogP contribution in [0.3, 0.4) is 0 Å².